The van der Waals surface area contributed by atoms with Gasteiger partial charge in [-0.3, -0.25) is 14.5 Å². The molecule has 1 aliphatic rings. The lowest BCUT2D eigenvalue weighted by molar-refractivity contribution is -0.117. The number of carbonyl (C=O) groups is 2. The summed E-state index contributed by atoms with van der Waals surface area (Å²) in [6.45, 7) is 4.98. The molecule has 5 heteroatoms. The number of nitrogens with zero attached hydrogens (tertiary/aromatic N) is 1. The van der Waals surface area contributed by atoms with Crippen LogP contribution in [0.1, 0.15) is 38.2 Å². The predicted molar refractivity (Wildman–Crippen MR) is 146 cm³/mol. The smallest absolute Gasteiger partial charge is 0.294 e. The number of benzene rings is 4. The molecule has 0 spiro atoms. The summed E-state index contributed by atoms with van der Waals surface area (Å²) in [6.07, 6.45) is 1.72. The molecule has 1 heterocycles. The Hall–Kier alpha value is -4.64. The fourth-order valence-electron chi connectivity index (χ4n) is 4.17. The van der Waals surface area contributed by atoms with Gasteiger partial charge in [0.25, 0.3) is 11.8 Å². The van der Waals surface area contributed by atoms with Crippen LogP contribution in [0.5, 0.6) is 5.75 Å². The Morgan fingerprint density at radius 1 is 0.811 bits per heavy atom. The van der Waals surface area contributed by atoms with Crippen molar-refractivity contribution in [2.45, 2.75) is 26.9 Å². The largest absolute Gasteiger partial charge is 0.449 e. The van der Waals surface area contributed by atoms with Crippen LogP contribution in [0.4, 0.5) is 5.69 Å². The molecule has 1 aliphatic heterocycles. The fourth-order valence-corrected chi connectivity index (χ4v) is 4.17. The van der Waals surface area contributed by atoms with Crippen molar-refractivity contribution < 1.29 is 14.3 Å². The van der Waals surface area contributed by atoms with E-state index in [0.717, 1.165) is 22.4 Å². The molecule has 0 bridgehead atoms. The van der Waals surface area contributed by atoms with E-state index in [9.17, 15) is 9.59 Å². The van der Waals surface area contributed by atoms with Gasteiger partial charge in [0.15, 0.2) is 11.5 Å². The maximum atomic E-state index is 13.4. The molecule has 0 unspecified atom stereocenters. The van der Waals surface area contributed by atoms with Gasteiger partial charge < -0.3 is 10.1 Å². The summed E-state index contributed by atoms with van der Waals surface area (Å²) in [7, 11) is 0. The highest BCUT2D eigenvalue weighted by molar-refractivity contribution is 6.09. The molecule has 0 aromatic heterocycles. The first-order valence-corrected chi connectivity index (χ1v) is 12.3. The number of amides is 2. The van der Waals surface area contributed by atoms with Gasteiger partial charge in [0.1, 0.15) is 0 Å². The van der Waals surface area contributed by atoms with Crippen molar-refractivity contribution in [3.8, 4) is 5.75 Å². The molecule has 184 valence electrons. The maximum Gasteiger partial charge on any atom is 0.294 e. The minimum absolute atomic E-state index is 0.150. The summed E-state index contributed by atoms with van der Waals surface area (Å²) in [6, 6.07) is 30.9. The number of aryl methyl sites for hydroxylation is 2. The van der Waals surface area contributed by atoms with Gasteiger partial charge in [0.2, 0.25) is 0 Å². The molecule has 2 amide bonds. The van der Waals surface area contributed by atoms with Crippen LogP contribution in [0.25, 0.3) is 6.08 Å². The van der Waals surface area contributed by atoms with Crippen LogP contribution in [0, 0.1) is 13.8 Å². The Labute approximate surface area is 217 Å². The first-order chi connectivity index (χ1) is 18.0. The third-order valence-corrected chi connectivity index (χ3v) is 6.34. The highest BCUT2D eigenvalue weighted by Gasteiger charge is 2.30. The van der Waals surface area contributed by atoms with Gasteiger partial charge in [-0.05, 0) is 60.9 Å². The second-order valence-electron chi connectivity index (χ2n) is 9.25. The standard InChI is InChI=1S/C32H28N2O3/c1-22-7-11-25(12-8-22)20-33-31(35)27-17-15-24(16-18-27)19-30-32(36)34(21-26-13-9-23(2)10-14-26)28-5-3-4-6-29(28)37-30/h3-19H,20-21H2,1-2H3,(H,33,35). The zero-order chi connectivity index (χ0) is 25.8. The van der Waals surface area contributed by atoms with Gasteiger partial charge in [-0.2, -0.15) is 0 Å². The van der Waals surface area contributed by atoms with Gasteiger partial charge in [0.05, 0.1) is 12.2 Å². The SMILES string of the molecule is Cc1ccc(CNC(=O)c2ccc(C=C3Oc4ccccc4N(Cc4ccc(C)cc4)C3=O)cc2)cc1. The van der Waals surface area contributed by atoms with Crippen molar-refractivity contribution in [3.05, 3.63) is 136 Å². The van der Waals surface area contributed by atoms with E-state index < -0.39 is 0 Å². The number of carbonyl (C=O) groups excluding carboxylic acids is 2. The third kappa shape index (κ3) is 5.62. The topological polar surface area (TPSA) is 58.6 Å². The summed E-state index contributed by atoms with van der Waals surface area (Å²) in [5.41, 5.74) is 6.50. The van der Waals surface area contributed by atoms with E-state index in [1.807, 2.05) is 98.8 Å². The van der Waals surface area contributed by atoms with Crippen molar-refractivity contribution in [3.63, 3.8) is 0 Å². The minimum atomic E-state index is -0.209. The quantitative estimate of drug-likeness (QED) is 0.329. The molecule has 5 rings (SSSR count). The molecular weight excluding hydrogens is 460 g/mol. The second kappa shape index (κ2) is 10.5. The third-order valence-electron chi connectivity index (χ3n) is 6.34. The van der Waals surface area contributed by atoms with E-state index in [0.29, 0.717) is 24.4 Å². The van der Waals surface area contributed by atoms with E-state index >= 15 is 0 Å². The summed E-state index contributed by atoms with van der Waals surface area (Å²) in [5, 5.41) is 2.95. The van der Waals surface area contributed by atoms with Crippen LogP contribution in [-0.4, -0.2) is 11.8 Å². The van der Waals surface area contributed by atoms with Gasteiger partial charge in [-0.15, -0.1) is 0 Å². The van der Waals surface area contributed by atoms with Crippen molar-refractivity contribution in [1.29, 1.82) is 0 Å². The zero-order valence-electron chi connectivity index (χ0n) is 20.9. The highest BCUT2D eigenvalue weighted by Crippen LogP contribution is 2.36. The molecule has 0 fully saturated rings. The van der Waals surface area contributed by atoms with Crippen LogP contribution in [-0.2, 0) is 17.9 Å². The number of fused-ring (bicyclic) bond motifs is 1. The van der Waals surface area contributed by atoms with Gasteiger partial charge >= 0.3 is 0 Å². The fraction of sp³-hybridized carbons (Fsp3) is 0.125. The predicted octanol–water partition coefficient (Wildman–Crippen LogP) is 6.20. The van der Waals surface area contributed by atoms with Gasteiger partial charge in [-0.1, -0.05) is 83.9 Å². The normalized spacial score (nSPS) is 13.7. The molecule has 4 aromatic rings. The Balaban J connectivity index is 1.32. The molecule has 1 N–H and O–H groups in total. The van der Waals surface area contributed by atoms with Crippen LogP contribution in [0.3, 0.4) is 0 Å². The molecule has 0 saturated heterocycles. The molecule has 5 nitrogen and oxygen atoms in total. The lowest BCUT2D eigenvalue weighted by Crippen LogP contribution is -2.36. The summed E-state index contributed by atoms with van der Waals surface area (Å²) in [5.74, 6) is 0.511. The number of hydrogen-bond donors (Lipinski definition) is 1. The number of para-hydroxylation sites is 2. The first-order valence-electron chi connectivity index (χ1n) is 12.3. The lowest BCUT2D eigenvalue weighted by Gasteiger charge is -2.30. The molecule has 0 aliphatic carbocycles. The summed E-state index contributed by atoms with van der Waals surface area (Å²) in [4.78, 5) is 27.8. The van der Waals surface area contributed by atoms with Gasteiger partial charge in [0, 0.05) is 12.1 Å². The summed E-state index contributed by atoms with van der Waals surface area (Å²) < 4.78 is 6.00. The number of anilines is 1. The van der Waals surface area contributed by atoms with Crippen LogP contribution < -0.4 is 15.0 Å². The van der Waals surface area contributed by atoms with Crippen LogP contribution >= 0.6 is 0 Å². The molecular formula is C32H28N2O3. The molecule has 0 atom stereocenters. The maximum absolute atomic E-state index is 13.4. The Morgan fingerprint density at radius 2 is 1.43 bits per heavy atom. The van der Waals surface area contributed by atoms with Crippen molar-refractivity contribution in [1.82, 2.24) is 5.32 Å². The number of hydrogen-bond acceptors (Lipinski definition) is 3. The number of ether oxygens (including phenoxy) is 1. The lowest BCUT2D eigenvalue weighted by atomic mass is 10.1. The second-order valence-corrected chi connectivity index (χ2v) is 9.25. The minimum Gasteiger partial charge on any atom is -0.449 e. The highest BCUT2D eigenvalue weighted by atomic mass is 16.5. The molecule has 4 aromatic carbocycles. The first kappa shape index (κ1) is 24.1. The molecule has 0 radical (unpaired) electrons. The van der Waals surface area contributed by atoms with E-state index in [1.165, 1.54) is 11.1 Å². The molecule has 0 saturated carbocycles. The summed E-state index contributed by atoms with van der Waals surface area (Å²) >= 11 is 0. The Bertz CT molecular complexity index is 1450. The monoisotopic (exact) mass is 488 g/mol. The van der Waals surface area contributed by atoms with Gasteiger partial charge in [-0.25, -0.2) is 0 Å². The van der Waals surface area contributed by atoms with Crippen molar-refractivity contribution in [2.75, 3.05) is 4.90 Å². The number of nitrogens with one attached hydrogen (secondary N) is 1. The van der Waals surface area contributed by atoms with Crippen LogP contribution in [0.15, 0.2) is 103 Å². The zero-order valence-corrected chi connectivity index (χ0v) is 20.9. The Morgan fingerprint density at radius 3 is 2.11 bits per heavy atom. The van der Waals surface area contributed by atoms with Crippen molar-refractivity contribution >= 4 is 23.6 Å². The van der Waals surface area contributed by atoms with Crippen LogP contribution in [0.2, 0.25) is 0 Å². The van der Waals surface area contributed by atoms with E-state index in [2.05, 4.69) is 5.32 Å². The van der Waals surface area contributed by atoms with E-state index in [4.69, 9.17) is 4.74 Å². The molecule has 37 heavy (non-hydrogen) atoms. The Kier molecular flexibility index (Phi) is 6.86. The average Bonchev–Trinajstić information content (AvgIpc) is 2.92. The number of rotatable bonds is 6. The van der Waals surface area contributed by atoms with E-state index in [1.54, 1.807) is 23.1 Å². The van der Waals surface area contributed by atoms with E-state index in [-0.39, 0.29) is 17.6 Å². The average molecular weight is 489 g/mol. The van der Waals surface area contributed by atoms with Crippen molar-refractivity contribution in [2.24, 2.45) is 0 Å².